The molecule has 0 radical (unpaired) electrons. The van der Waals surface area contributed by atoms with E-state index >= 15 is 0 Å². The van der Waals surface area contributed by atoms with Crippen LogP contribution in [0, 0.1) is 0 Å². The first-order chi connectivity index (χ1) is 12.5. The van der Waals surface area contributed by atoms with Crippen molar-refractivity contribution in [3.8, 4) is 5.75 Å². The Kier molecular flexibility index (Phi) is 5.58. The first kappa shape index (κ1) is 18.4. The van der Waals surface area contributed by atoms with Gasteiger partial charge >= 0.3 is 0 Å². The Morgan fingerprint density at radius 3 is 2.81 bits per heavy atom. The molecule has 1 saturated carbocycles. The average molecular weight is 378 g/mol. The number of benzene rings is 1. The molecule has 2 N–H and O–H groups in total. The Morgan fingerprint density at radius 1 is 1.35 bits per heavy atom. The highest BCUT2D eigenvalue weighted by Gasteiger charge is 2.33. The zero-order chi connectivity index (χ0) is 18.7. The summed E-state index contributed by atoms with van der Waals surface area (Å²) in [5.74, 6) is 0.881. The van der Waals surface area contributed by atoms with E-state index in [4.69, 9.17) is 21.1 Å². The third-order valence-corrected chi connectivity index (χ3v) is 4.63. The zero-order valence-electron chi connectivity index (χ0n) is 14.5. The highest BCUT2D eigenvalue weighted by molar-refractivity contribution is 6.30. The first-order valence-electron chi connectivity index (χ1n) is 8.23. The molecule has 0 saturated heterocycles. The molecule has 1 aromatic carbocycles. The molecule has 0 aliphatic heterocycles. The van der Waals surface area contributed by atoms with Crippen molar-refractivity contribution in [2.45, 2.75) is 31.4 Å². The number of nitrogens with zero attached hydrogens (tertiary/aromatic N) is 1. The number of rotatable bonds is 6. The Morgan fingerprint density at radius 2 is 2.12 bits per heavy atom. The van der Waals surface area contributed by atoms with Crippen molar-refractivity contribution in [2.24, 2.45) is 0 Å². The highest BCUT2D eigenvalue weighted by Crippen LogP contribution is 2.36. The lowest BCUT2D eigenvalue weighted by molar-refractivity contribution is 0.0905. The van der Waals surface area contributed by atoms with Gasteiger partial charge in [-0.05, 0) is 31.0 Å². The number of hydrogen-bond acceptors (Lipinski definition) is 5. The normalized spacial score (nSPS) is 18.9. The van der Waals surface area contributed by atoms with Crippen LogP contribution in [-0.2, 0) is 11.3 Å². The Balaban J connectivity index is 1.62. The summed E-state index contributed by atoms with van der Waals surface area (Å²) in [7, 11) is 3.05. The van der Waals surface area contributed by atoms with Crippen LogP contribution in [0.15, 0.2) is 29.1 Å². The number of hydrogen-bond donors (Lipinski definition) is 2. The van der Waals surface area contributed by atoms with Crippen molar-refractivity contribution in [1.29, 1.82) is 0 Å². The van der Waals surface area contributed by atoms with E-state index in [-0.39, 0.29) is 30.0 Å². The Bertz CT molecular complexity index is 862. The minimum atomic E-state index is -0.207. The van der Waals surface area contributed by atoms with E-state index in [1.807, 2.05) is 0 Å². The van der Waals surface area contributed by atoms with Crippen LogP contribution in [0.1, 0.15) is 40.6 Å². The molecular formula is C18H20ClN3O4. The third-order valence-electron chi connectivity index (χ3n) is 4.39. The minimum Gasteiger partial charge on any atom is -0.496 e. The predicted molar refractivity (Wildman–Crippen MR) is 96.8 cm³/mol. The molecule has 0 atom stereocenters. The van der Waals surface area contributed by atoms with Gasteiger partial charge in [0.2, 0.25) is 0 Å². The lowest BCUT2D eigenvalue weighted by Gasteiger charge is -2.35. The van der Waals surface area contributed by atoms with Crippen LogP contribution in [0.2, 0.25) is 5.02 Å². The molecule has 26 heavy (non-hydrogen) atoms. The summed E-state index contributed by atoms with van der Waals surface area (Å²) in [5.41, 5.74) is 0.979. The van der Waals surface area contributed by atoms with E-state index in [1.54, 1.807) is 25.3 Å². The number of methoxy groups -OCH3 is 2. The third kappa shape index (κ3) is 4.05. The molecule has 1 heterocycles. The van der Waals surface area contributed by atoms with Gasteiger partial charge in [-0.2, -0.15) is 0 Å². The monoisotopic (exact) mass is 377 g/mol. The van der Waals surface area contributed by atoms with E-state index in [1.165, 1.54) is 13.2 Å². The van der Waals surface area contributed by atoms with Gasteiger partial charge in [0.1, 0.15) is 18.2 Å². The topological polar surface area (TPSA) is 93.3 Å². The van der Waals surface area contributed by atoms with Gasteiger partial charge in [0.05, 0.1) is 18.4 Å². The molecule has 3 rings (SSSR count). The lowest BCUT2D eigenvalue weighted by atomic mass is 9.78. The standard InChI is InChI=1S/C18H20ClN3O4/c1-25-9-16-21-14(8-17(23)22-16)10-5-12(6-10)20-18(24)13-4-3-11(19)7-15(13)26-2/h3-4,7-8,10,12H,5-6,9H2,1-2H3,(H,20,24)(H,21,22,23). The predicted octanol–water partition coefficient (Wildman–Crippen LogP) is 2.25. The number of H-pyrrole nitrogens is 1. The fourth-order valence-electron chi connectivity index (χ4n) is 3.04. The van der Waals surface area contributed by atoms with Crippen LogP contribution in [0.25, 0.3) is 0 Å². The van der Waals surface area contributed by atoms with E-state index in [9.17, 15) is 9.59 Å². The summed E-state index contributed by atoms with van der Waals surface area (Å²) >= 11 is 5.92. The molecule has 0 spiro atoms. The quantitative estimate of drug-likeness (QED) is 0.805. The molecule has 0 unspecified atom stereocenters. The smallest absolute Gasteiger partial charge is 0.255 e. The summed E-state index contributed by atoms with van der Waals surface area (Å²) in [5, 5.41) is 3.49. The van der Waals surface area contributed by atoms with Crippen LogP contribution in [0.3, 0.4) is 0 Å². The molecule has 1 aromatic heterocycles. The largest absolute Gasteiger partial charge is 0.496 e. The number of carbonyl (C=O) groups is 1. The number of aromatic nitrogens is 2. The molecule has 1 fully saturated rings. The molecule has 0 bridgehead atoms. The number of nitrogens with one attached hydrogen (secondary N) is 2. The van der Waals surface area contributed by atoms with E-state index in [2.05, 4.69) is 15.3 Å². The Labute approximate surface area is 155 Å². The summed E-state index contributed by atoms with van der Waals surface area (Å²) in [6, 6.07) is 6.43. The van der Waals surface area contributed by atoms with Crippen LogP contribution < -0.4 is 15.6 Å². The molecule has 7 nitrogen and oxygen atoms in total. The van der Waals surface area contributed by atoms with Gasteiger partial charge in [-0.3, -0.25) is 9.59 Å². The molecule has 138 valence electrons. The fraction of sp³-hybridized carbons (Fsp3) is 0.389. The van der Waals surface area contributed by atoms with Gasteiger partial charge in [0, 0.05) is 30.2 Å². The van der Waals surface area contributed by atoms with E-state index in [0.717, 1.165) is 18.5 Å². The van der Waals surface area contributed by atoms with Gasteiger partial charge in [-0.15, -0.1) is 0 Å². The average Bonchev–Trinajstić information content (AvgIpc) is 2.57. The molecule has 1 amide bonds. The number of carbonyl (C=O) groups excluding carboxylic acids is 1. The lowest BCUT2D eigenvalue weighted by Crippen LogP contribution is -2.44. The van der Waals surface area contributed by atoms with Crippen molar-refractivity contribution in [3.63, 3.8) is 0 Å². The van der Waals surface area contributed by atoms with Crippen molar-refractivity contribution in [1.82, 2.24) is 15.3 Å². The maximum Gasteiger partial charge on any atom is 0.255 e. The second-order valence-corrected chi connectivity index (χ2v) is 6.67. The van der Waals surface area contributed by atoms with Crippen LogP contribution in [-0.4, -0.2) is 36.1 Å². The van der Waals surface area contributed by atoms with Crippen LogP contribution >= 0.6 is 11.6 Å². The van der Waals surface area contributed by atoms with E-state index in [0.29, 0.717) is 22.2 Å². The second kappa shape index (κ2) is 7.88. The van der Waals surface area contributed by atoms with Gasteiger partial charge in [-0.25, -0.2) is 4.98 Å². The molecular weight excluding hydrogens is 358 g/mol. The van der Waals surface area contributed by atoms with Gasteiger partial charge in [0.15, 0.2) is 0 Å². The molecule has 2 aromatic rings. The van der Waals surface area contributed by atoms with Gasteiger partial charge in [-0.1, -0.05) is 11.6 Å². The van der Waals surface area contributed by atoms with Crippen LogP contribution in [0.4, 0.5) is 0 Å². The highest BCUT2D eigenvalue weighted by atomic mass is 35.5. The van der Waals surface area contributed by atoms with Gasteiger partial charge < -0.3 is 19.8 Å². The minimum absolute atomic E-state index is 0.0276. The number of amides is 1. The summed E-state index contributed by atoms with van der Waals surface area (Å²) in [6.07, 6.45) is 1.45. The fourth-order valence-corrected chi connectivity index (χ4v) is 3.20. The maximum atomic E-state index is 12.5. The Hall–Kier alpha value is -2.38. The SMILES string of the molecule is COCc1nc(C2CC(NC(=O)c3ccc(Cl)cc3OC)C2)cc(=O)[nH]1. The summed E-state index contributed by atoms with van der Waals surface area (Å²) in [4.78, 5) is 31.3. The first-order valence-corrected chi connectivity index (χ1v) is 8.61. The number of aromatic amines is 1. The van der Waals surface area contributed by atoms with Crippen LogP contribution in [0.5, 0.6) is 5.75 Å². The molecule has 1 aliphatic carbocycles. The van der Waals surface area contributed by atoms with E-state index < -0.39 is 0 Å². The van der Waals surface area contributed by atoms with Gasteiger partial charge in [0.25, 0.3) is 11.5 Å². The van der Waals surface area contributed by atoms with Crippen molar-refractivity contribution in [3.05, 3.63) is 56.7 Å². The number of ether oxygens (including phenoxy) is 2. The number of halogens is 1. The second-order valence-electron chi connectivity index (χ2n) is 6.23. The summed E-state index contributed by atoms with van der Waals surface area (Å²) < 4.78 is 10.2. The zero-order valence-corrected chi connectivity index (χ0v) is 15.3. The van der Waals surface area contributed by atoms with Crippen molar-refractivity contribution >= 4 is 17.5 Å². The summed E-state index contributed by atoms with van der Waals surface area (Å²) in [6.45, 7) is 0.256. The van der Waals surface area contributed by atoms with Crippen molar-refractivity contribution < 1.29 is 14.3 Å². The molecule has 1 aliphatic rings. The molecule has 8 heteroatoms. The van der Waals surface area contributed by atoms with Crippen molar-refractivity contribution in [2.75, 3.05) is 14.2 Å². The maximum absolute atomic E-state index is 12.5.